The van der Waals surface area contributed by atoms with Gasteiger partial charge in [0.2, 0.25) is 0 Å². The lowest BCUT2D eigenvalue weighted by Gasteiger charge is -2.02. The topological polar surface area (TPSA) is 43.8 Å². The monoisotopic (exact) mass is 203 g/mol. The Kier molecular flexibility index (Phi) is 2.28. The van der Waals surface area contributed by atoms with Crippen LogP contribution >= 0.6 is 12.2 Å². The Labute approximate surface area is 87.2 Å². The van der Waals surface area contributed by atoms with Gasteiger partial charge in [-0.15, -0.1) is 0 Å². The number of hydrogen-bond acceptors (Lipinski definition) is 2. The minimum atomic E-state index is 0.419. The Morgan fingerprint density at radius 1 is 1.29 bits per heavy atom. The zero-order valence-electron chi connectivity index (χ0n) is 7.42. The molecule has 4 heteroatoms. The SMILES string of the molecule is NC(=S)c1ccc(-n2ccnc2)cc1. The molecule has 2 aromatic rings. The number of imidazole rings is 1. The van der Waals surface area contributed by atoms with Crippen molar-refractivity contribution in [1.82, 2.24) is 9.55 Å². The molecule has 0 bridgehead atoms. The summed E-state index contributed by atoms with van der Waals surface area (Å²) in [4.78, 5) is 4.39. The highest BCUT2D eigenvalue weighted by molar-refractivity contribution is 7.80. The molecule has 2 N–H and O–H groups in total. The summed E-state index contributed by atoms with van der Waals surface area (Å²) < 4.78 is 1.92. The van der Waals surface area contributed by atoms with Crippen LogP contribution in [0.2, 0.25) is 0 Å². The summed E-state index contributed by atoms with van der Waals surface area (Å²) >= 11 is 4.86. The molecular weight excluding hydrogens is 194 g/mol. The van der Waals surface area contributed by atoms with Crippen LogP contribution in [-0.4, -0.2) is 14.5 Å². The molecular formula is C10H9N3S. The van der Waals surface area contributed by atoms with Gasteiger partial charge in [0, 0.05) is 23.6 Å². The summed E-state index contributed by atoms with van der Waals surface area (Å²) in [6, 6.07) is 7.71. The summed E-state index contributed by atoms with van der Waals surface area (Å²) in [5, 5.41) is 0. The normalized spacial score (nSPS) is 10.0. The van der Waals surface area contributed by atoms with Gasteiger partial charge in [0.05, 0.1) is 6.33 Å². The molecule has 1 aromatic heterocycles. The largest absolute Gasteiger partial charge is 0.389 e. The van der Waals surface area contributed by atoms with Gasteiger partial charge in [0.1, 0.15) is 4.99 Å². The third-order valence-corrected chi connectivity index (χ3v) is 2.19. The predicted molar refractivity (Wildman–Crippen MR) is 59.5 cm³/mol. The van der Waals surface area contributed by atoms with Crippen LogP contribution in [0.15, 0.2) is 43.0 Å². The Hall–Kier alpha value is -1.68. The fraction of sp³-hybridized carbons (Fsp3) is 0. The third kappa shape index (κ3) is 1.65. The minimum Gasteiger partial charge on any atom is -0.389 e. The standard InChI is InChI=1S/C10H9N3S/c11-10(14)8-1-3-9(4-2-8)13-6-5-12-7-13/h1-7H,(H2,11,14). The number of nitrogens with two attached hydrogens (primary N) is 1. The lowest BCUT2D eigenvalue weighted by molar-refractivity contribution is 1.06. The fourth-order valence-electron chi connectivity index (χ4n) is 1.21. The molecule has 14 heavy (non-hydrogen) atoms. The second-order valence-electron chi connectivity index (χ2n) is 2.88. The fourth-order valence-corrected chi connectivity index (χ4v) is 1.35. The van der Waals surface area contributed by atoms with Crippen molar-refractivity contribution in [2.75, 3.05) is 0 Å². The quantitative estimate of drug-likeness (QED) is 0.752. The van der Waals surface area contributed by atoms with E-state index in [4.69, 9.17) is 18.0 Å². The van der Waals surface area contributed by atoms with Crippen molar-refractivity contribution >= 4 is 17.2 Å². The number of benzene rings is 1. The lowest BCUT2D eigenvalue weighted by atomic mass is 10.2. The number of thiocarbonyl (C=S) groups is 1. The van der Waals surface area contributed by atoms with Crippen molar-refractivity contribution in [3.8, 4) is 5.69 Å². The lowest BCUT2D eigenvalue weighted by Crippen LogP contribution is -2.08. The Balaban J connectivity index is 2.36. The van der Waals surface area contributed by atoms with Crippen LogP contribution in [-0.2, 0) is 0 Å². The first-order valence-corrected chi connectivity index (χ1v) is 4.56. The molecule has 0 spiro atoms. The van der Waals surface area contributed by atoms with Crippen LogP contribution in [0.5, 0.6) is 0 Å². The summed E-state index contributed by atoms with van der Waals surface area (Å²) in [7, 11) is 0. The van der Waals surface area contributed by atoms with Crippen LogP contribution in [0.3, 0.4) is 0 Å². The van der Waals surface area contributed by atoms with E-state index in [0.717, 1.165) is 11.3 Å². The van der Waals surface area contributed by atoms with Gasteiger partial charge >= 0.3 is 0 Å². The average Bonchev–Trinajstić information content (AvgIpc) is 2.71. The first-order valence-electron chi connectivity index (χ1n) is 4.15. The molecule has 1 heterocycles. The van der Waals surface area contributed by atoms with Gasteiger partial charge in [-0.25, -0.2) is 4.98 Å². The second-order valence-corrected chi connectivity index (χ2v) is 3.32. The van der Waals surface area contributed by atoms with E-state index >= 15 is 0 Å². The molecule has 70 valence electrons. The van der Waals surface area contributed by atoms with Crippen molar-refractivity contribution in [3.05, 3.63) is 48.5 Å². The maximum absolute atomic E-state index is 5.49. The van der Waals surface area contributed by atoms with E-state index in [1.165, 1.54) is 0 Å². The zero-order valence-corrected chi connectivity index (χ0v) is 8.24. The second kappa shape index (κ2) is 3.59. The van der Waals surface area contributed by atoms with E-state index in [9.17, 15) is 0 Å². The van der Waals surface area contributed by atoms with Crippen molar-refractivity contribution in [3.63, 3.8) is 0 Å². The van der Waals surface area contributed by atoms with Crippen LogP contribution in [0.1, 0.15) is 5.56 Å². The van der Waals surface area contributed by atoms with Crippen molar-refractivity contribution in [2.45, 2.75) is 0 Å². The summed E-state index contributed by atoms with van der Waals surface area (Å²) in [6.45, 7) is 0. The Morgan fingerprint density at radius 2 is 2.00 bits per heavy atom. The van der Waals surface area contributed by atoms with Crippen molar-refractivity contribution in [2.24, 2.45) is 5.73 Å². The molecule has 2 rings (SSSR count). The smallest absolute Gasteiger partial charge is 0.103 e. The van der Waals surface area contributed by atoms with Gasteiger partial charge in [-0.3, -0.25) is 0 Å². The maximum atomic E-state index is 5.49. The average molecular weight is 203 g/mol. The number of rotatable bonds is 2. The molecule has 0 aliphatic carbocycles. The highest BCUT2D eigenvalue weighted by Crippen LogP contribution is 2.08. The summed E-state index contributed by atoms with van der Waals surface area (Å²) in [5.74, 6) is 0. The van der Waals surface area contributed by atoms with E-state index in [0.29, 0.717) is 4.99 Å². The Morgan fingerprint density at radius 3 is 2.50 bits per heavy atom. The van der Waals surface area contributed by atoms with Gasteiger partial charge in [0.15, 0.2) is 0 Å². The molecule has 1 aromatic carbocycles. The van der Waals surface area contributed by atoms with E-state index in [1.54, 1.807) is 12.5 Å². The van der Waals surface area contributed by atoms with Crippen LogP contribution in [0, 0.1) is 0 Å². The van der Waals surface area contributed by atoms with Gasteiger partial charge in [-0.05, 0) is 24.3 Å². The van der Waals surface area contributed by atoms with Gasteiger partial charge in [0.25, 0.3) is 0 Å². The Bertz CT molecular complexity index is 431. The molecule has 0 amide bonds. The molecule has 0 saturated carbocycles. The highest BCUT2D eigenvalue weighted by atomic mass is 32.1. The summed E-state index contributed by atoms with van der Waals surface area (Å²) in [6.07, 6.45) is 5.37. The number of nitrogens with zero attached hydrogens (tertiary/aromatic N) is 2. The third-order valence-electron chi connectivity index (χ3n) is 1.95. The van der Waals surface area contributed by atoms with Gasteiger partial charge in [-0.2, -0.15) is 0 Å². The van der Waals surface area contributed by atoms with Gasteiger partial charge in [-0.1, -0.05) is 12.2 Å². The molecule has 0 atom stereocenters. The number of hydrogen-bond donors (Lipinski definition) is 1. The van der Waals surface area contributed by atoms with Gasteiger partial charge < -0.3 is 10.3 Å². The molecule has 0 radical (unpaired) electrons. The van der Waals surface area contributed by atoms with E-state index in [1.807, 2.05) is 35.0 Å². The van der Waals surface area contributed by atoms with Crippen LogP contribution in [0.4, 0.5) is 0 Å². The zero-order chi connectivity index (χ0) is 9.97. The molecule has 0 aliphatic heterocycles. The minimum absolute atomic E-state index is 0.419. The van der Waals surface area contributed by atoms with Crippen molar-refractivity contribution < 1.29 is 0 Å². The van der Waals surface area contributed by atoms with E-state index in [-0.39, 0.29) is 0 Å². The molecule has 0 unspecified atom stereocenters. The maximum Gasteiger partial charge on any atom is 0.103 e. The molecule has 0 aliphatic rings. The molecule has 0 fully saturated rings. The first-order chi connectivity index (χ1) is 6.77. The molecule has 0 saturated heterocycles. The van der Waals surface area contributed by atoms with E-state index in [2.05, 4.69) is 4.98 Å². The van der Waals surface area contributed by atoms with Crippen LogP contribution in [0.25, 0.3) is 5.69 Å². The summed E-state index contributed by atoms with van der Waals surface area (Å²) in [5.41, 5.74) is 7.42. The van der Waals surface area contributed by atoms with Crippen molar-refractivity contribution in [1.29, 1.82) is 0 Å². The first kappa shape index (κ1) is 8.90. The highest BCUT2D eigenvalue weighted by Gasteiger charge is 1.97. The van der Waals surface area contributed by atoms with E-state index < -0.39 is 0 Å². The van der Waals surface area contributed by atoms with Crippen LogP contribution < -0.4 is 5.73 Å². The molecule has 3 nitrogen and oxygen atoms in total. The number of aromatic nitrogens is 2. The predicted octanol–water partition coefficient (Wildman–Crippen LogP) is 1.51.